The lowest BCUT2D eigenvalue weighted by Crippen LogP contribution is -2.11. The van der Waals surface area contributed by atoms with E-state index in [1.165, 1.54) is 58.8 Å². The Morgan fingerprint density at radius 2 is 1.32 bits per heavy atom. The minimum Gasteiger partial charge on any atom is -0.464 e. The first kappa shape index (κ1) is 31.8. The molecular weight excluding hydrogens is 545 g/mol. The van der Waals surface area contributed by atoms with E-state index < -0.39 is 10.8 Å². The zero-order valence-corrected chi connectivity index (χ0v) is 22.6. The Balaban J connectivity index is 3.52. The molecule has 0 heterocycles. The SMILES string of the molecule is O=C(CSCCS(=O)CSCSC(=O)CSCC(=O)OCCSCO)OCCSCO. The smallest absolute Gasteiger partial charge is 0.315 e. The zero-order valence-electron chi connectivity index (χ0n) is 16.9. The Morgan fingerprint density at radius 1 is 0.742 bits per heavy atom. The van der Waals surface area contributed by atoms with Crippen LogP contribution in [0, 0.1) is 0 Å². The van der Waals surface area contributed by atoms with Crippen LogP contribution in [-0.2, 0) is 34.7 Å². The van der Waals surface area contributed by atoms with Gasteiger partial charge < -0.3 is 19.7 Å². The molecule has 0 rings (SSSR count). The molecule has 0 aliphatic rings. The quantitative estimate of drug-likeness (QED) is 0.117. The van der Waals surface area contributed by atoms with Gasteiger partial charge in [0.05, 0.1) is 34.2 Å². The van der Waals surface area contributed by atoms with Gasteiger partial charge in [-0.15, -0.1) is 58.8 Å². The summed E-state index contributed by atoms with van der Waals surface area (Å²) >= 11 is 7.67. The van der Waals surface area contributed by atoms with Crippen LogP contribution in [0.25, 0.3) is 0 Å². The summed E-state index contributed by atoms with van der Waals surface area (Å²) in [6, 6.07) is 0. The second kappa shape index (κ2) is 23.9. The van der Waals surface area contributed by atoms with Crippen LogP contribution in [0.3, 0.4) is 0 Å². The van der Waals surface area contributed by atoms with E-state index in [2.05, 4.69) is 0 Å². The van der Waals surface area contributed by atoms with Crippen molar-refractivity contribution in [1.29, 1.82) is 0 Å². The highest BCUT2D eigenvalue weighted by atomic mass is 32.2. The molecular formula is C16H28O8S7. The molecule has 31 heavy (non-hydrogen) atoms. The standard InChI is InChI=1S/C16H28O8S7/c17-10-26-3-1-23-14(19)7-25-5-6-31(22)13-29-12-30-16(21)9-28-8-15(20)24-2-4-27-11-18/h17-18H,1-13H2. The fourth-order valence-corrected chi connectivity index (χ4v) is 7.83. The minimum absolute atomic E-state index is 0.00486. The molecule has 0 aromatic heterocycles. The largest absolute Gasteiger partial charge is 0.464 e. The van der Waals surface area contributed by atoms with Gasteiger partial charge in [-0.1, -0.05) is 11.8 Å². The lowest BCUT2D eigenvalue weighted by Gasteiger charge is -2.05. The van der Waals surface area contributed by atoms with Gasteiger partial charge in [0.15, 0.2) is 5.12 Å². The molecule has 0 radical (unpaired) electrons. The Hall–Kier alpha value is 0.780. The van der Waals surface area contributed by atoms with E-state index in [4.69, 9.17) is 19.7 Å². The fourth-order valence-electron chi connectivity index (χ4n) is 1.50. The Bertz CT molecular complexity index is 524. The molecule has 8 nitrogen and oxygen atoms in total. The molecule has 0 saturated heterocycles. The third kappa shape index (κ3) is 23.7. The maximum Gasteiger partial charge on any atom is 0.315 e. The van der Waals surface area contributed by atoms with Crippen LogP contribution in [0.5, 0.6) is 0 Å². The molecule has 0 saturated carbocycles. The monoisotopic (exact) mass is 572 g/mol. The van der Waals surface area contributed by atoms with Crippen molar-refractivity contribution in [2.75, 3.05) is 75.5 Å². The van der Waals surface area contributed by atoms with Crippen molar-refractivity contribution in [3.8, 4) is 0 Å². The second-order valence-electron chi connectivity index (χ2n) is 5.16. The number of carbonyl (C=O) groups excluding carboxylic acids is 3. The molecule has 0 amide bonds. The van der Waals surface area contributed by atoms with Crippen molar-refractivity contribution in [3.05, 3.63) is 0 Å². The first-order valence-corrected chi connectivity index (χ1v) is 17.2. The lowest BCUT2D eigenvalue weighted by molar-refractivity contribution is -0.140. The van der Waals surface area contributed by atoms with Crippen molar-refractivity contribution in [2.45, 2.75) is 0 Å². The van der Waals surface area contributed by atoms with E-state index in [1.54, 1.807) is 0 Å². The number of ether oxygens (including phenoxy) is 2. The van der Waals surface area contributed by atoms with Crippen LogP contribution >= 0.6 is 70.6 Å². The lowest BCUT2D eigenvalue weighted by atomic mass is 10.8. The highest BCUT2D eigenvalue weighted by Crippen LogP contribution is 2.17. The normalized spacial score (nSPS) is 11.8. The minimum atomic E-state index is -1.02. The van der Waals surface area contributed by atoms with Crippen LogP contribution in [0.4, 0.5) is 0 Å². The van der Waals surface area contributed by atoms with Crippen molar-refractivity contribution < 1.29 is 38.3 Å². The predicted molar refractivity (Wildman–Crippen MR) is 139 cm³/mol. The molecule has 1 atom stereocenters. The van der Waals surface area contributed by atoms with E-state index >= 15 is 0 Å². The third-order valence-corrected chi connectivity index (χ3v) is 10.3. The number of aliphatic hydroxyl groups is 2. The van der Waals surface area contributed by atoms with E-state index in [0.717, 1.165) is 11.8 Å². The first-order chi connectivity index (χ1) is 15.0. The molecule has 0 aromatic rings. The Morgan fingerprint density at radius 3 is 1.90 bits per heavy atom. The van der Waals surface area contributed by atoms with Gasteiger partial charge in [-0.3, -0.25) is 18.6 Å². The van der Waals surface area contributed by atoms with Gasteiger partial charge in [0.2, 0.25) is 0 Å². The molecule has 1 unspecified atom stereocenters. The second-order valence-corrected chi connectivity index (χ2v) is 13.7. The molecule has 0 bridgehead atoms. The molecule has 182 valence electrons. The number of aliphatic hydroxyl groups excluding tert-OH is 2. The molecule has 0 spiro atoms. The maximum absolute atomic E-state index is 11.9. The summed E-state index contributed by atoms with van der Waals surface area (Å²) in [6.07, 6.45) is 0. The Kier molecular flexibility index (Phi) is 24.5. The molecule has 0 fully saturated rings. The number of thioether (sulfide) groups is 6. The van der Waals surface area contributed by atoms with Gasteiger partial charge in [-0.05, 0) is 0 Å². The molecule has 2 N–H and O–H groups in total. The zero-order chi connectivity index (χ0) is 23.2. The van der Waals surface area contributed by atoms with E-state index in [1.807, 2.05) is 0 Å². The molecule has 15 heteroatoms. The molecule has 0 aliphatic heterocycles. The van der Waals surface area contributed by atoms with Crippen molar-refractivity contribution in [3.63, 3.8) is 0 Å². The van der Waals surface area contributed by atoms with E-state index in [-0.39, 0.29) is 59.4 Å². The topological polar surface area (TPSA) is 127 Å². The highest BCUT2D eigenvalue weighted by molar-refractivity contribution is 8.26. The summed E-state index contributed by atoms with van der Waals surface area (Å²) in [5.74, 6) is 2.00. The predicted octanol–water partition coefficient (Wildman–Crippen LogP) is 1.56. The van der Waals surface area contributed by atoms with E-state index in [0.29, 0.717) is 33.2 Å². The summed E-state index contributed by atoms with van der Waals surface area (Å²) < 4.78 is 21.8. The summed E-state index contributed by atoms with van der Waals surface area (Å²) in [5.41, 5.74) is 0. The fraction of sp³-hybridized carbons (Fsp3) is 0.812. The van der Waals surface area contributed by atoms with Gasteiger partial charge >= 0.3 is 11.9 Å². The average Bonchev–Trinajstić information content (AvgIpc) is 2.75. The number of hydrogen-bond donors (Lipinski definition) is 2. The first-order valence-electron chi connectivity index (χ1n) is 8.91. The maximum atomic E-state index is 11.9. The van der Waals surface area contributed by atoms with Crippen LogP contribution < -0.4 is 0 Å². The Labute approximate surface area is 211 Å². The van der Waals surface area contributed by atoms with Crippen molar-refractivity contribution >= 4 is 98.4 Å². The van der Waals surface area contributed by atoms with Gasteiger partial charge in [-0.2, -0.15) is 0 Å². The van der Waals surface area contributed by atoms with Gasteiger partial charge in [0.25, 0.3) is 0 Å². The number of esters is 2. The van der Waals surface area contributed by atoms with Crippen molar-refractivity contribution in [2.24, 2.45) is 0 Å². The molecule has 0 aromatic carbocycles. The number of hydrogen-bond acceptors (Lipinski definition) is 14. The number of carbonyl (C=O) groups is 3. The van der Waals surface area contributed by atoms with Crippen LogP contribution in [-0.4, -0.2) is 107 Å². The summed E-state index contributed by atoms with van der Waals surface area (Å²) in [5, 5.41) is 18.1. The highest BCUT2D eigenvalue weighted by Gasteiger charge is 2.09. The molecule has 0 aliphatic carbocycles. The van der Waals surface area contributed by atoms with Crippen LogP contribution in [0.15, 0.2) is 0 Å². The summed E-state index contributed by atoms with van der Waals surface area (Å²) in [7, 11) is -1.02. The van der Waals surface area contributed by atoms with E-state index in [9.17, 15) is 18.6 Å². The van der Waals surface area contributed by atoms with Crippen LogP contribution in [0.1, 0.15) is 0 Å². The average molecular weight is 573 g/mol. The third-order valence-electron chi connectivity index (χ3n) is 2.80. The summed E-state index contributed by atoms with van der Waals surface area (Å²) in [4.78, 5) is 34.6. The number of rotatable bonds is 21. The van der Waals surface area contributed by atoms with Crippen molar-refractivity contribution in [1.82, 2.24) is 0 Å². The van der Waals surface area contributed by atoms with Crippen LogP contribution in [0.2, 0.25) is 0 Å². The van der Waals surface area contributed by atoms with Gasteiger partial charge in [0.1, 0.15) is 13.2 Å². The van der Waals surface area contributed by atoms with Gasteiger partial charge in [0, 0.05) is 38.9 Å². The van der Waals surface area contributed by atoms with Gasteiger partial charge in [-0.25, -0.2) is 0 Å². The summed E-state index contributed by atoms with van der Waals surface area (Å²) in [6.45, 7) is 0.519.